The number of benzene rings is 2. The topological polar surface area (TPSA) is 50.4 Å². The number of halogens is 1. The van der Waals surface area contributed by atoms with Gasteiger partial charge in [0.05, 0.1) is 12.7 Å². The average molecular weight is 409 g/mol. The molecule has 0 heterocycles. The first-order valence-corrected chi connectivity index (χ1v) is 9.99. The lowest BCUT2D eigenvalue weighted by atomic mass is 10.1. The molecule has 0 saturated carbocycles. The van der Waals surface area contributed by atoms with Crippen LogP contribution in [0.3, 0.4) is 0 Å². The first-order chi connectivity index (χ1) is 12.5. The molecule has 4 nitrogen and oxygen atoms in total. The lowest BCUT2D eigenvalue weighted by Gasteiger charge is -2.13. The number of aryl methyl sites for hydroxylation is 1. The molecule has 0 spiro atoms. The predicted octanol–water partition coefficient (Wildman–Crippen LogP) is 4.65. The standard InChI is InChI=1S/C19H21ClN2O2S2/c1-13-6-7-15(18(23)24-2)11-17(13)22-19(25)21-8-9-26-12-14-4-3-5-16(20)10-14/h3-7,10-11H,8-9,12H2,1-2H3,(H2,21,22,25). The number of methoxy groups -OCH3 is 1. The minimum absolute atomic E-state index is 0.371. The van der Waals surface area contributed by atoms with E-state index >= 15 is 0 Å². The van der Waals surface area contributed by atoms with Crippen LogP contribution in [0.25, 0.3) is 0 Å². The van der Waals surface area contributed by atoms with Crippen molar-refractivity contribution in [2.75, 3.05) is 24.7 Å². The SMILES string of the molecule is COC(=O)c1ccc(C)c(NC(=S)NCCSCc2cccc(Cl)c2)c1. The molecule has 0 fully saturated rings. The summed E-state index contributed by atoms with van der Waals surface area (Å²) in [5.74, 6) is 1.45. The highest BCUT2D eigenvalue weighted by Gasteiger charge is 2.09. The fourth-order valence-corrected chi connectivity index (χ4v) is 3.45. The van der Waals surface area contributed by atoms with E-state index in [9.17, 15) is 4.79 Å². The molecule has 0 bridgehead atoms. The van der Waals surface area contributed by atoms with Crippen molar-refractivity contribution in [3.8, 4) is 0 Å². The van der Waals surface area contributed by atoms with Gasteiger partial charge in [0.1, 0.15) is 0 Å². The Labute approximate surface area is 168 Å². The number of thioether (sulfide) groups is 1. The fourth-order valence-electron chi connectivity index (χ4n) is 2.22. The van der Waals surface area contributed by atoms with Gasteiger partial charge in [0.2, 0.25) is 0 Å². The molecule has 2 aromatic rings. The van der Waals surface area contributed by atoms with Crippen molar-refractivity contribution in [1.82, 2.24) is 5.32 Å². The molecule has 0 saturated heterocycles. The second-order valence-electron chi connectivity index (χ2n) is 5.58. The van der Waals surface area contributed by atoms with Gasteiger partial charge in [-0.05, 0) is 54.5 Å². The molecule has 138 valence electrons. The quantitative estimate of drug-likeness (QED) is 0.395. The fraction of sp³-hybridized carbons (Fsp3) is 0.263. The molecule has 2 aromatic carbocycles. The second-order valence-corrected chi connectivity index (χ2v) is 7.53. The van der Waals surface area contributed by atoms with E-state index in [4.69, 9.17) is 28.6 Å². The van der Waals surface area contributed by atoms with Gasteiger partial charge in [0.25, 0.3) is 0 Å². The summed E-state index contributed by atoms with van der Waals surface area (Å²) in [7, 11) is 1.36. The van der Waals surface area contributed by atoms with Crippen LogP contribution in [0.15, 0.2) is 42.5 Å². The summed E-state index contributed by atoms with van der Waals surface area (Å²) < 4.78 is 4.75. The molecule has 26 heavy (non-hydrogen) atoms. The lowest BCUT2D eigenvalue weighted by molar-refractivity contribution is 0.0601. The van der Waals surface area contributed by atoms with Crippen molar-refractivity contribution >= 4 is 52.3 Å². The van der Waals surface area contributed by atoms with Gasteiger partial charge in [0.15, 0.2) is 5.11 Å². The zero-order valence-corrected chi connectivity index (χ0v) is 17.1. The Hall–Kier alpha value is -1.76. The number of rotatable bonds is 7. The monoisotopic (exact) mass is 408 g/mol. The lowest BCUT2D eigenvalue weighted by Crippen LogP contribution is -2.30. The number of hydrogen-bond donors (Lipinski definition) is 2. The molecule has 0 aliphatic rings. The van der Waals surface area contributed by atoms with Gasteiger partial charge in [-0.1, -0.05) is 29.8 Å². The average Bonchev–Trinajstić information content (AvgIpc) is 2.62. The van der Waals surface area contributed by atoms with Crippen LogP contribution in [0.4, 0.5) is 5.69 Å². The van der Waals surface area contributed by atoms with E-state index < -0.39 is 0 Å². The highest BCUT2D eigenvalue weighted by molar-refractivity contribution is 7.98. The van der Waals surface area contributed by atoms with E-state index in [1.165, 1.54) is 12.7 Å². The number of thiocarbonyl (C=S) groups is 1. The first-order valence-electron chi connectivity index (χ1n) is 8.05. The predicted molar refractivity (Wildman–Crippen MR) is 114 cm³/mol. The number of ether oxygens (including phenoxy) is 1. The summed E-state index contributed by atoms with van der Waals surface area (Å²) in [4.78, 5) is 11.6. The van der Waals surface area contributed by atoms with Crippen LogP contribution < -0.4 is 10.6 Å². The Kier molecular flexibility index (Phi) is 8.22. The van der Waals surface area contributed by atoms with E-state index in [-0.39, 0.29) is 5.97 Å². The Balaban J connectivity index is 1.76. The third-order valence-electron chi connectivity index (χ3n) is 3.60. The summed E-state index contributed by atoms with van der Waals surface area (Å²) in [6, 6.07) is 13.2. The maximum Gasteiger partial charge on any atom is 0.337 e. The van der Waals surface area contributed by atoms with E-state index in [0.29, 0.717) is 10.7 Å². The summed E-state index contributed by atoms with van der Waals surface area (Å²) in [6.45, 7) is 2.69. The van der Waals surface area contributed by atoms with Gasteiger partial charge in [-0.3, -0.25) is 0 Å². The van der Waals surface area contributed by atoms with E-state index in [1.54, 1.807) is 23.9 Å². The van der Waals surface area contributed by atoms with Crippen LogP contribution >= 0.6 is 35.6 Å². The maximum absolute atomic E-state index is 11.6. The van der Waals surface area contributed by atoms with Crippen LogP contribution in [0, 0.1) is 6.92 Å². The molecular weight excluding hydrogens is 388 g/mol. The van der Waals surface area contributed by atoms with Gasteiger partial charge >= 0.3 is 5.97 Å². The van der Waals surface area contributed by atoms with Gasteiger partial charge in [-0.2, -0.15) is 11.8 Å². The molecular formula is C19H21ClN2O2S2. The minimum atomic E-state index is -0.371. The largest absolute Gasteiger partial charge is 0.465 e. The smallest absolute Gasteiger partial charge is 0.337 e. The molecule has 2 rings (SSSR count). The molecule has 7 heteroatoms. The van der Waals surface area contributed by atoms with Crippen molar-refractivity contribution in [3.05, 3.63) is 64.2 Å². The summed E-state index contributed by atoms with van der Waals surface area (Å²) in [6.07, 6.45) is 0. The molecule has 0 atom stereocenters. The summed E-state index contributed by atoms with van der Waals surface area (Å²) >= 11 is 13.1. The minimum Gasteiger partial charge on any atom is -0.465 e. The van der Waals surface area contributed by atoms with Crippen molar-refractivity contribution in [2.45, 2.75) is 12.7 Å². The molecule has 0 aliphatic heterocycles. The maximum atomic E-state index is 11.6. The zero-order valence-electron chi connectivity index (χ0n) is 14.7. The first kappa shape index (κ1) is 20.6. The van der Waals surface area contributed by atoms with Gasteiger partial charge in [-0.25, -0.2) is 4.79 Å². The number of nitrogens with one attached hydrogen (secondary N) is 2. The zero-order chi connectivity index (χ0) is 18.9. The number of anilines is 1. The van der Waals surface area contributed by atoms with E-state index in [1.807, 2.05) is 31.2 Å². The van der Waals surface area contributed by atoms with Crippen LogP contribution in [0.1, 0.15) is 21.5 Å². The van der Waals surface area contributed by atoms with Gasteiger partial charge in [0, 0.05) is 28.8 Å². The van der Waals surface area contributed by atoms with Crippen molar-refractivity contribution in [1.29, 1.82) is 0 Å². The Morgan fingerprint density at radius 3 is 2.81 bits per heavy atom. The Bertz CT molecular complexity index is 784. The molecule has 0 aromatic heterocycles. The highest BCUT2D eigenvalue weighted by Crippen LogP contribution is 2.18. The van der Waals surface area contributed by atoms with Gasteiger partial charge < -0.3 is 15.4 Å². The van der Waals surface area contributed by atoms with Crippen LogP contribution in [-0.4, -0.2) is 30.5 Å². The van der Waals surface area contributed by atoms with E-state index in [0.717, 1.165) is 34.3 Å². The molecule has 0 radical (unpaired) electrons. The number of hydrogen-bond acceptors (Lipinski definition) is 4. The molecule has 0 amide bonds. The second kappa shape index (κ2) is 10.4. The third-order valence-corrected chi connectivity index (χ3v) is 5.11. The molecule has 0 unspecified atom stereocenters. The molecule has 2 N–H and O–H groups in total. The van der Waals surface area contributed by atoms with Crippen molar-refractivity contribution in [3.63, 3.8) is 0 Å². The van der Waals surface area contributed by atoms with Crippen LogP contribution in [-0.2, 0) is 10.5 Å². The van der Waals surface area contributed by atoms with Crippen molar-refractivity contribution < 1.29 is 9.53 Å². The Morgan fingerprint density at radius 2 is 2.08 bits per heavy atom. The Morgan fingerprint density at radius 1 is 1.27 bits per heavy atom. The number of carbonyl (C=O) groups excluding carboxylic acids is 1. The summed E-state index contributed by atoms with van der Waals surface area (Å²) in [5, 5.41) is 7.59. The highest BCUT2D eigenvalue weighted by atomic mass is 35.5. The van der Waals surface area contributed by atoms with Gasteiger partial charge in [-0.15, -0.1) is 0 Å². The molecule has 0 aliphatic carbocycles. The summed E-state index contributed by atoms with van der Waals surface area (Å²) in [5.41, 5.74) is 3.48. The van der Waals surface area contributed by atoms with Crippen LogP contribution in [0.5, 0.6) is 0 Å². The van der Waals surface area contributed by atoms with Crippen molar-refractivity contribution in [2.24, 2.45) is 0 Å². The van der Waals surface area contributed by atoms with E-state index in [2.05, 4.69) is 16.7 Å². The van der Waals surface area contributed by atoms with Crippen LogP contribution in [0.2, 0.25) is 5.02 Å². The third kappa shape index (κ3) is 6.52. The number of esters is 1. The normalized spacial score (nSPS) is 10.3. The number of carbonyl (C=O) groups is 1.